The number of aromatic nitrogens is 1. The van der Waals surface area contributed by atoms with Crippen molar-refractivity contribution in [2.45, 2.75) is 68.9 Å². The molecule has 3 fully saturated rings. The van der Waals surface area contributed by atoms with Gasteiger partial charge in [0, 0.05) is 48.7 Å². The van der Waals surface area contributed by atoms with Gasteiger partial charge in [-0.05, 0) is 50.0 Å². The van der Waals surface area contributed by atoms with Crippen molar-refractivity contribution in [1.29, 1.82) is 0 Å². The minimum atomic E-state index is -0.230. The summed E-state index contributed by atoms with van der Waals surface area (Å²) in [5.74, 6) is 0.399. The van der Waals surface area contributed by atoms with Gasteiger partial charge in [0.05, 0.1) is 5.41 Å². The third kappa shape index (κ3) is 4.04. The molecule has 2 aliphatic heterocycles. The first kappa shape index (κ1) is 20.5. The minimum Gasteiger partial charge on any atom is -0.467 e. The van der Waals surface area contributed by atoms with Gasteiger partial charge in [0.25, 0.3) is 5.19 Å². The molecule has 1 amide bonds. The molecule has 0 spiro atoms. The highest BCUT2D eigenvalue weighted by atomic mass is 32.1. The average Bonchev–Trinajstić information content (AvgIpc) is 3.57. The summed E-state index contributed by atoms with van der Waals surface area (Å²) in [6.45, 7) is 4.00. The molecule has 30 heavy (non-hydrogen) atoms. The summed E-state index contributed by atoms with van der Waals surface area (Å²) in [5.41, 5.74) is -0.230. The van der Waals surface area contributed by atoms with Gasteiger partial charge in [0.2, 0.25) is 5.91 Å². The monoisotopic (exact) mass is 445 g/mol. The summed E-state index contributed by atoms with van der Waals surface area (Å²) in [5, 5.41) is 4.89. The predicted octanol–water partition coefficient (Wildman–Crippen LogP) is 4.55. The molecular formula is C23H31N3O2S2. The van der Waals surface area contributed by atoms with Crippen molar-refractivity contribution in [2.24, 2.45) is 0 Å². The maximum atomic E-state index is 13.6. The van der Waals surface area contributed by atoms with Crippen LogP contribution in [0.4, 0.5) is 0 Å². The zero-order valence-corrected chi connectivity index (χ0v) is 19.1. The summed E-state index contributed by atoms with van der Waals surface area (Å²) in [6.07, 6.45) is 10.9. The van der Waals surface area contributed by atoms with Gasteiger partial charge in [0.1, 0.15) is 6.10 Å². The van der Waals surface area contributed by atoms with E-state index >= 15 is 0 Å². The summed E-state index contributed by atoms with van der Waals surface area (Å²) in [4.78, 5) is 23.9. The number of rotatable bonds is 5. The lowest BCUT2D eigenvalue weighted by Gasteiger charge is -2.43. The Bertz CT molecular complexity index is 802. The molecule has 5 nitrogen and oxygen atoms in total. The van der Waals surface area contributed by atoms with Crippen LogP contribution in [0, 0.1) is 0 Å². The number of likely N-dealkylation sites (tertiary alicyclic amines) is 2. The molecule has 0 N–H and O–H groups in total. The van der Waals surface area contributed by atoms with Crippen LogP contribution in [-0.2, 0) is 10.2 Å². The Hall–Kier alpha value is -1.44. The summed E-state index contributed by atoms with van der Waals surface area (Å²) in [6, 6.07) is 4.89. The first-order valence-electron chi connectivity index (χ1n) is 11.4. The molecule has 4 heterocycles. The zero-order valence-electron chi connectivity index (χ0n) is 17.5. The van der Waals surface area contributed by atoms with Crippen molar-refractivity contribution < 1.29 is 9.53 Å². The molecule has 2 saturated heterocycles. The molecule has 162 valence electrons. The van der Waals surface area contributed by atoms with Gasteiger partial charge in [-0.25, -0.2) is 4.98 Å². The van der Waals surface area contributed by atoms with E-state index in [0.29, 0.717) is 18.1 Å². The van der Waals surface area contributed by atoms with E-state index in [1.807, 2.05) is 5.38 Å². The summed E-state index contributed by atoms with van der Waals surface area (Å²) >= 11 is 3.34. The lowest BCUT2D eigenvalue weighted by atomic mass is 9.82. The van der Waals surface area contributed by atoms with Crippen molar-refractivity contribution in [1.82, 2.24) is 14.8 Å². The van der Waals surface area contributed by atoms with Crippen molar-refractivity contribution >= 4 is 28.6 Å². The zero-order chi connectivity index (χ0) is 20.4. The van der Waals surface area contributed by atoms with Gasteiger partial charge >= 0.3 is 0 Å². The van der Waals surface area contributed by atoms with E-state index in [0.717, 1.165) is 69.9 Å². The lowest BCUT2D eigenvalue weighted by Crippen LogP contribution is -2.53. The van der Waals surface area contributed by atoms with E-state index in [9.17, 15) is 4.79 Å². The Labute approximate surface area is 187 Å². The van der Waals surface area contributed by atoms with E-state index in [2.05, 4.69) is 32.3 Å². The first-order chi connectivity index (χ1) is 14.7. The molecule has 2 aromatic heterocycles. The minimum absolute atomic E-state index is 0.230. The SMILES string of the molecule is O=C(N1CCC(N2CCC(Oc3nccs3)CC2)CC1)C1(c2cccs2)CCCC1. The van der Waals surface area contributed by atoms with E-state index in [-0.39, 0.29) is 5.41 Å². The fourth-order valence-electron chi connectivity index (χ4n) is 5.60. The van der Waals surface area contributed by atoms with Crippen molar-refractivity contribution in [3.05, 3.63) is 34.0 Å². The molecule has 7 heteroatoms. The summed E-state index contributed by atoms with van der Waals surface area (Å²) in [7, 11) is 0. The van der Waals surface area contributed by atoms with Crippen LogP contribution in [0.3, 0.4) is 0 Å². The number of carbonyl (C=O) groups excluding carboxylic acids is 1. The van der Waals surface area contributed by atoms with Crippen molar-refractivity contribution in [3.63, 3.8) is 0 Å². The van der Waals surface area contributed by atoms with Gasteiger partial charge in [0.15, 0.2) is 0 Å². The molecule has 0 bridgehead atoms. The van der Waals surface area contributed by atoms with Gasteiger partial charge < -0.3 is 9.64 Å². The quantitative estimate of drug-likeness (QED) is 0.677. The summed E-state index contributed by atoms with van der Waals surface area (Å²) < 4.78 is 6.01. The molecule has 3 aliphatic rings. The second-order valence-corrected chi connectivity index (χ2v) is 10.7. The fraction of sp³-hybridized carbons (Fsp3) is 0.652. The number of ether oxygens (including phenoxy) is 1. The second kappa shape index (κ2) is 8.97. The normalized spacial score (nSPS) is 23.7. The molecule has 0 atom stereocenters. The Morgan fingerprint density at radius 3 is 2.43 bits per heavy atom. The van der Waals surface area contributed by atoms with Crippen LogP contribution < -0.4 is 4.74 Å². The van der Waals surface area contributed by atoms with Crippen molar-refractivity contribution in [2.75, 3.05) is 26.2 Å². The van der Waals surface area contributed by atoms with Crippen LogP contribution in [0.25, 0.3) is 0 Å². The number of amides is 1. The van der Waals surface area contributed by atoms with Crippen LogP contribution in [0.15, 0.2) is 29.1 Å². The Morgan fingerprint density at radius 2 is 1.80 bits per heavy atom. The van der Waals surface area contributed by atoms with Crippen LogP contribution >= 0.6 is 22.7 Å². The molecular weight excluding hydrogens is 414 g/mol. The molecule has 1 saturated carbocycles. The molecule has 0 unspecified atom stereocenters. The fourth-order valence-corrected chi connectivity index (χ4v) is 7.13. The molecule has 2 aromatic rings. The van der Waals surface area contributed by atoms with E-state index in [1.54, 1.807) is 28.9 Å². The maximum Gasteiger partial charge on any atom is 0.273 e. The molecule has 5 rings (SSSR count). The van der Waals surface area contributed by atoms with Crippen LogP contribution in [0.1, 0.15) is 56.2 Å². The smallest absolute Gasteiger partial charge is 0.273 e. The van der Waals surface area contributed by atoms with Crippen LogP contribution in [0.5, 0.6) is 5.19 Å². The van der Waals surface area contributed by atoms with Crippen LogP contribution in [0.2, 0.25) is 0 Å². The van der Waals surface area contributed by atoms with Crippen LogP contribution in [-0.4, -0.2) is 59.0 Å². The van der Waals surface area contributed by atoms with E-state index in [4.69, 9.17) is 4.74 Å². The first-order valence-corrected chi connectivity index (χ1v) is 13.1. The van der Waals surface area contributed by atoms with Gasteiger partial charge in [-0.2, -0.15) is 0 Å². The Morgan fingerprint density at radius 1 is 1.03 bits per heavy atom. The van der Waals surface area contributed by atoms with Crippen molar-refractivity contribution in [3.8, 4) is 5.19 Å². The largest absolute Gasteiger partial charge is 0.467 e. The maximum absolute atomic E-state index is 13.6. The molecule has 0 aromatic carbocycles. The third-order valence-electron chi connectivity index (χ3n) is 7.28. The highest BCUT2D eigenvalue weighted by Crippen LogP contribution is 2.45. The third-order valence-corrected chi connectivity index (χ3v) is 9.02. The van der Waals surface area contributed by atoms with Gasteiger partial charge in [-0.1, -0.05) is 30.2 Å². The Balaban J connectivity index is 1.14. The lowest BCUT2D eigenvalue weighted by molar-refractivity contribution is -0.139. The van der Waals surface area contributed by atoms with Gasteiger partial charge in [-0.15, -0.1) is 11.3 Å². The predicted molar refractivity (Wildman–Crippen MR) is 121 cm³/mol. The number of thiophene rings is 1. The second-order valence-electron chi connectivity index (χ2n) is 8.94. The highest BCUT2D eigenvalue weighted by molar-refractivity contribution is 7.11. The highest BCUT2D eigenvalue weighted by Gasteiger charge is 2.46. The number of carbonyl (C=O) groups is 1. The van der Waals surface area contributed by atoms with E-state index < -0.39 is 0 Å². The number of thiazole rings is 1. The number of nitrogens with zero attached hydrogens (tertiary/aromatic N) is 3. The number of hydrogen-bond donors (Lipinski definition) is 0. The Kier molecular flexibility index (Phi) is 6.12. The molecule has 1 aliphatic carbocycles. The standard InChI is InChI=1S/C23H31N3O2S2/c27-21(23(9-1-2-10-23)20-4-3-16-29-20)26-12-5-18(6-13-26)25-14-7-19(8-15-25)28-22-24-11-17-30-22/h3-4,11,16-19H,1-2,5-10,12-15H2. The average molecular weight is 446 g/mol. The number of hydrogen-bond acceptors (Lipinski definition) is 6. The van der Waals surface area contributed by atoms with Gasteiger partial charge in [-0.3, -0.25) is 9.69 Å². The van der Waals surface area contributed by atoms with E-state index in [1.165, 1.54) is 17.7 Å². The molecule has 0 radical (unpaired) electrons. The number of piperidine rings is 2. The topological polar surface area (TPSA) is 45.7 Å².